The molecule has 1 aromatic rings. The zero-order valence-electron chi connectivity index (χ0n) is 19.3. The van der Waals surface area contributed by atoms with Gasteiger partial charge in [-0.1, -0.05) is 128 Å². The lowest BCUT2D eigenvalue weighted by atomic mass is 9.90. The fraction of sp³-hybridized carbons (Fsp3) is 0.778. The number of aliphatic hydroxyl groups is 1. The minimum Gasteiger partial charge on any atom is -0.386 e. The largest absolute Gasteiger partial charge is 0.386 e. The molecule has 1 heteroatoms. The Hall–Kier alpha value is -0.820. The van der Waals surface area contributed by atoms with Crippen LogP contribution in [0.5, 0.6) is 0 Å². The lowest BCUT2D eigenvalue weighted by Crippen LogP contribution is -2.17. The second-order valence-electron chi connectivity index (χ2n) is 9.27. The van der Waals surface area contributed by atoms with Gasteiger partial charge in [-0.25, -0.2) is 0 Å². The summed E-state index contributed by atoms with van der Waals surface area (Å²) < 4.78 is 0. The molecule has 0 aromatic heterocycles. The van der Waals surface area contributed by atoms with Gasteiger partial charge in [0.2, 0.25) is 0 Å². The van der Waals surface area contributed by atoms with E-state index in [2.05, 4.69) is 25.1 Å². The first kappa shape index (κ1) is 25.2. The van der Waals surface area contributed by atoms with Crippen LogP contribution in [0.4, 0.5) is 0 Å². The van der Waals surface area contributed by atoms with E-state index >= 15 is 0 Å². The van der Waals surface area contributed by atoms with Crippen LogP contribution >= 0.6 is 0 Å². The smallest absolute Gasteiger partial charge is 0.0843 e. The average molecular weight is 389 g/mol. The highest BCUT2D eigenvalue weighted by Crippen LogP contribution is 2.25. The molecule has 0 atom stereocenters. The Balaban J connectivity index is 1.90. The highest BCUT2D eigenvalue weighted by Gasteiger charge is 2.18. The van der Waals surface area contributed by atoms with Crippen LogP contribution in [0, 0.1) is 0 Å². The predicted octanol–water partition coefficient (Wildman–Crippen LogP) is 8.72. The van der Waals surface area contributed by atoms with Crippen molar-refractivity contribution in [3.05, 3.63) is 35.4 Å². The van der Waals surface area contributed by atoms with E-state index in [4.69, 9.17) is 0 Å². The van der Waals surface area contributed by atoms with E-state index in [0.717, 1.165) is 12.0 Å². The summed E-state index contributed by atoms with van der Waals surface area (Å²) in [5.74, 6) is 0. The van der Waals surface area contributed by atoms with E-state index in [1.165, 1.54) is 108 Å². The van der Waals surface area contributed by atoms with Crippen molar-refractivity contribution >= 4 is 0 Å². The molecule has 0 aliphatic carbocycles. The maximum Gasteiger partial charge on any atom is 0.0843 e. The maximum atomic E-state index is 10.3. The summed E-state index contributed by atoms with van der Waals surface area (Å²) >= 11 is 0. The molecule has 0 heterocycles. The number of rotatable bonds is 18. The molecule has 0 spiro atoms. The molecule has 1 aromatic carbocycles. The van der Waals surface area contributed by atoms with E-state index in [-0.39, 0.29) is 0 Å². The first-order valence-corrected chi connectivity index (χ1v) is 12.4. The van der Waals surface area contributed by atoms with Gasteiger partial charge in [0.15, 0.2) is 0 Å². The van der Waals surface area contributed by atoms with Gasteiger partial charge in [0, 0.05) is 0 Å². The third kappa shape index (κ3) is 12.6. The van der Waals surface area contributed by atoms with Crippen LogP contribution in [0.15, 0.2) is 24.3 Å². The summed E-state index contributed by atoms with van der Waals surface area (Å²) in [4.78, 5) is 0. The van der Waals surface area contributed by atoms with Gasteiger partial charge in [-0.3, -0.25) is 0 Å². The number of hydrogen-bond donors (Lipinski definition) is 1. The lowest BCUT2D eigenvalue weighted by Gasteiger charge is -2.21. The second-order valence-corrected chi connectivity index (χ2v) is 9.27. The van der Waals surface area contributed by atoms with Crippen LogP contribution in [0.2, 0.25) is 0 Å². The highest BCUT2D eigenvalue weighted by atomic mass is 16.3. The van der Waals surface area contributed by atoms with Crippen molar-refractivity contribution in [2.75, 3.05) is 0 Å². The molecule has 0 aliphatic rings. The SMILES string of the molecule is CCCCCCCCCCCCCCCCCCc1ccccc1C(C)(C)O. The zero-order valence-corrected chi connectivity index (χ0v) is 19.3. The summed E-state index contributed by atoms with van der Waals surface area (Å²) in [5.41, 5.74) is 1.68. The number of unbranched alkanes of at least 4 members (excludes halogenated alkanes) is 15. The Morgan fingerprint density at radius 3 is 1.43 bits per heavy atom. The molecule has 0 aliphatic heterocycles. The third-order valence-electron chi connectivity index (χ3n) is 5.98. The van der Waals surface area contributed by atoms with Crippen molar-refractivity contribution < 1.29 is 5.11 Å². The molecule has 162 valence electrons. The summed E-state index contributed by atoms with van der Waals surface area (Å²) in [5, 5.41) is 10.3. The van der Waals surface area contributed by atoms with E-state index in [1.807, 2.05) is 19.9 Å². The highest BCUT2D eigenvalue weighted by molar-refractivity contribution is 5.31. The Bertz CT molecular complexity index is 471. The van der Waals surface area contributed by atoms with Gasteiger partial charge in [0.25, 0.3) is 0 Å². The number of benzene rings is 1. The normalized spacial score (nSPS) is 11.9. The molecule has 0 saturated heterocycles. The molecule has 0 bridgehead atoms. The van der Waals surface area contributed by atoms with Crippen molar-refractivity contribution in [1.29, 1.82) is 0 Å². The van der Waals surface area contributed by atoms with Crippen LogP contribution in [0.1, 0.15) is 135 Å². The Morgan fingerprint density at radius 2 is 1.00 bits per heavy atom. The van der Waals surface area contributed by atoms with E-state index < -0.39 is 5.60 Å². The molecule has 1 rings (SSSR count). The Kier molecular flexibility index (Phi) is 14.4. The van der Waals surface area contributed by atoms with Crippen molar-refractivity contribution in [3.8, 4) is 0 Å². The van der Waals surface area contributed by atoms with Gasteiger partial charge in [0.1, 0.15) is 0 Å². The second kappa shape index (κ2) is 16.0. The van der Waals surface area contributed by atoms with Crippen LogP contribution in [0.3, 0.4) is 0 Å². The number of aryl methyl sites for hydroxylation is 1. The fourth-order valence-electron chi connectivity index (χ4n) is 4.20. The minimum atomic E-state index is -0.731. The summed E-state index contributed by atoms with van der Waals surface area (Å²) in [6.07, 6.45) is 23.7. The van der Waals surface area contributed by atoms with E-state index in [1.54, 1.807) is 0 Å². The van der Waals surface area contributed by atoms with Crippen LogP contribution in [-0.4, -0.2) is 5.11 Å². The molecule has 1 nitrogen and oxygen atoms in total. The molecule has 0 amide bonds. The lowest BCUT2D eigenvalue weighted by molar-refractivity contribution is 0.0776. The van der Waals surface area contributed by atoms with Crippen LogP contribution in [0.25, 0.3) is 0 Å². The van der Waals surface area contributed by atoms with Gasteiger partial charge < -0.3 is 5.11 Å². The van der Waals surface area contributed by atoms with Gasteiger partial charge in [-0.2, -0.15) is 0 Å². The van der Waals surface area contributed by atoms with Gasteiger partial charge in [0.05, 0.1) is 5.60 Å². The quantitative estimate of drug-likeness (QED) is 0.249. The fourth-order valence-corrected chi connectivity index (χ4v) is 4.20. The zero-order chi connectivity index (χ0) is 20.5. The summed E-state index contributed by atoms with van der Waals surface area (Å²) in [6, 6.07) is 8.38. The standard InChI is InChI=1S/C27H48O/c1-4-5-6-7-8-9-10-11-12-13-14-15-16-17-18-19-22-25-23-20-21-24-26(25)27(2,3)28/h20-21,23-24,28H,4-19,22H2,1-3H3. The van der Waals surface area contributed by atoms with Crippen molar-refractivity contribution in [1.82, 2.24) is 0 Å². The summed E-state index contributed by atoms with van der Waals surface area (Å²) in [6.45, 7) is 6.07. The Morgan fingerprint density at radius 1 is 0.607 bits per heavy atom. The molecule has 0 fully saturated rings. The Labute approximate surface area is 176 Å². The first-order chi connectivity index (χ1) is 13.6. The first-order valence-electron chi connectivity index (χ1n) is 12.4. The third-order valence-corrected chi connectivity index (χ3v) is 5.98. The van der Waals surface area contributed by atoms with Crippen molar-refractivity contribution in [3.63, 3.8) is 0 Å². The molecule has 28 heavy (non-hydrogen) atoms. The minimum absolute atomic E-state index is 0.731. The predicted molar refractivity (Wildman–Crippen MR) is 125 cm³/mol. The average Bonchev–Trinajstić information content (AvgIpc) is 2.67. The summed E-state index contributed by atoms with van der Waals surface area (Å²) in [7, 11) is 0. The van der Waals surface area contributed by atoms with Gasteiger partial charge in [-0.05, 0) is 37.8 Å². The molecular formula is C27H48O. The van der Waals surface area contributed by atoms with Gasteiger partial charge in [-0.15, -0.1) is 0 Å². The molecule has 0 radical (unpaired) electrons. The van der Waals surface area contributed by atoms with Crippen molar-refractivity contribution in [2.24, 2.45) is 0 Å². The van der Waals surface area contributed by atoms with Crippen molar-refractivity contribution in [2.45, 2.75) is 136 Å². The molecule has 1 N–H and O–H groups in total. The molecular weight excluding hydrogens is 340 g/mol. The van der Waals surface area contributed by atoms with E-state index in [0.29, 0.717) is 0 Å². The number of hydrogen-bond acceptors (Lipinski definition) is 1. The topological polar surface area (TPSA) is 20.2 Å². The molecule has 0 saturated carbocycles. The van der Waals surface area contributed by atoms with Crippen LogP contribution in [-0.2, 0) is 12.0 Å². The van der Waals surface area contributed by atoms with E-state index in [9.17, 15) is 5.11 Å². The van der Waals surface area contributed by atoms with Crippen LogP contribution < -0.4 is 0 Å². The monoisotopic (exact) mass is 388 g/mol. The molecule has 0 unspecified atom stereocenters. The van der Waals surface area contributed by atoms with Gasteiger partial charge >= 0.3 is 0 Å². The maximum absolute atomic E-state index is 10.3.